The van der Waals surface area contributed by atoms with Crippen molar-refractivity contribution >= 4 is 11.9 Å². The van der Waals surface area contributed by atoms with Crippen molar-refractivity contribution in [2.45, 2.75) is 125 Å². The number of allylic oxidation sites excluding steroid dienone is 1. The summed E-state index contributed by atoms with van der Waals surface area (Å²) in [5, 5.41) is 15.8. The van der Waals surface area contributed by atoms with Gasteiger partial charge in [0.1, 0.15) is 5.69 Å². The normalized spacial score (nSPS) is 43.5. The highest BCUT2D eigenvalue weighted by atomic mass is 16.5. The van der Waals surface area contributed by atoms with E-state index >= 15 is 0 Å². The standard InChI is InChI=1S/C40H64N4O5/c1-23(2)25(5)35(6)16-17-37(8)26-11-12-30-36(7)20-48-22-40(30,27(26)13-15-38(37,9)31(35)34(46)47)19-29(44-18-14-28(43-44)33(41)45)32(36)49-21-39(10,42)24(3)4/h13-14,18,23-26,29-32H,11-12,15-17,19-22,42H2,1-10H3,(H2,41,45)(H,46,47)/t25-,26+,29-,30+,31-,32+,35-,36-,37-,38+,39+,40+/m1/s1. The minimum Gasteiger partial charge on any atom is -0.481 e. The molecule has 1 saturated heterocycles. The number of primary amides is 1. The van der Waals surface area contributed by atoms with Gasteiger partial charge in [-0.15, -0.1) is 0 Å². The summed E-state index contributed by atoms with van der Waals surface area (Å²) in [6.45, 7) is 24.0. The molecular weight excluding hydrogens is 616 g/mol. The molecule has 9 nitrogen and oxygen atoms in total. The molecule has 12 atom stereocenters. The molecule has 49 heavy (non-hydrogen) atoms. The van der Waals surface area contributed by atoms with Crippen molar-refractivity contribution in [1.82, 2.24) is 9.78 Å². The first kappa shape index (κ1) is 36.6. The lowest BCUT2D eigenvalue weighted by atomic mass is 9.34. The summed E-state index contributed by atoms with van der Waals surface area (Å²) in [5.41, 5.74) is 12.3. The molecular formula is C40H64N4O5. The summed E-state index contributed by atoms with van der Waals surface area (Å²) >= 11 is 0. The van der Waals surface area contributed by atoms with Gasteiger partial charge in [0.05, 0.1) is 37.9 Å². The number of amides is 1. The average Bonchev–Trinajstić information content (AvgIpc) is 3.51. The Kier molecular flexibility index (Phi) is 8.88. The Morgan fingerprint density at radius 2 is 1.80 bits per heavy atom. The molecule has 1 aliphatic heterocycles. The van der Waals surface area contributed by atoms with Gasteiger partial charge in [0.2, 0.25) is 0 Å². The molecule has 0 radical (unpaired) electrons. The monoisotopic (exact) mass is 680 g/mol. The number of aromatic nitrogens is 2. The molecule has 9 heteroatoms. The van der Waals surface area contributed by atoms with Gasteiger partial charge in [-0.05, 0) is 97.3 Å². The van der Waals surface area contributed by atoms with Gasteiger partial charge in [0.15, 0.2) is 0 Å². The van der Waals surface area contributed by atoms with Gasteiger partial charge in [0, 0.05) is 22.6 Å². The van der Waals surface area contributed by atoms with Crippen molar-refractivity contribution in [3.05, 3.63) is 29.6 Å². The fourth-order valence-corrected chi connectivity index (χ4v) is 12.2. The van der Waals surface area contributed by atoms with Crippen LogP contribution in [0.2, 0.25) is 0 Å². The Morgan fingerprint density at radius 3 is 2.39 bits per heavy atom. The van der Waals surface area contributed by atoms with Gasteiger partial charge in [-0.3, -0.25) is 14.3 Å². The number of carboxylic acids is 1. The number of carboxylic acid groups (broad SMARTS) is 1. The molecule has 1 aromatic rings. The Balaban J connectivity index is 1.46. The number of rotatable bonds is 9. The lowest BCUT2D eigenvalue weighted by molar-refractivity contribution is -0.252. The summed E-state index contributed by atoms with van der Waals surface area (Å²) in [7, 11) is 0. The van der Waals surface area contributed by atoms with Gasteiger partial charge in [-0.25, -0.2) is 0 Å². The highest BCUT2D eigenvalue weighted by Gasteiger charge is 2.72. The van der Waals surface area contributed by atoms with E-state index in [1.165, 1.54) is 5.57 Å². The second kappa shape index (κ2) is 11.9. The van der Waals surface area contributed by atoms with Gasteiger partial charge in [-0.2, -0.15) is 5.10 Å². The first-order chi connectivity index (χ1) is 22.7. The van der Waals surface area contributed by atoms with Crippen LogP contribution >= 0.6 is 0 Å². The van der Waals surface area contributed by atoms with Crippen LogP contribution in [0, 0.1) is 62.6 Å². The Labute approximate surface area is 294 Å². The molecule has 0 aromatic carbocycles. The van der Waals surface area contributed by atoms with E-state index < -0.39 is 23.3 Å². The molecule has 0 unspecified atom stereocenters. The van der Waals surface area contributed by atoms with Crippen LogP contribution in [0.5, 0.6) is 0 Å². The number of aliphatic carboxylic acids is 1. The van der Waals surface area contributed by atoms with Crippen molar-refractivity contribution in [3.63, 3.8) is 0 Å². The third-order valence-corrected chi connectivity index (χ3v) is 16.2. The quantitative estimate of drug-likeness (QED) is 0.242. The Hall–Kier alpha value is -2.23. The van der Waals surface area contributed by atoms with Crippen LogP contribution in [-0.2, 0) is 14.3 Å². The molecule has 1 amide bonds. The van der Waals surface area contributed by atoms with E-state index in [1.54, 1.807) is 6.07 Å². The molecule has 2 heterocycles. The van der Waals surface area contributed by atoms with E-state index in [2.05, 4.69) is 75.3 Å². The summed E-state index contributed by atoms with van der Waals surface area (Å²) in [4.78, 5) is 25.7. The zero-order valence-electron chi connectivity index (χ0n) is 31.8. The van der Waals surface area contributed by atoms with Gasteiger partial charge in [0.25, 0.3) is 5.91 Å². The number of fused-ring (bicyclic) bond motifs is 3. The van der Waals surface area contributed by atoms with Crippen LogP contribution in [0.15, 0.2) is 23.9 Å². The molecule has 5 aliphatic rings. The molecule has 274 valence electrons. The minimum absolute atomic E-state index is 0.157. The topological polar surface area (TPSA) is 143 Å². The molecule has 0 spiro atoms. The summed E-state index contributed by atoms with van der Waals surface area (Å²) in [6, 6.07) is 1.55. The van der Waals surface area contributed by atoms with Crippen LogP contribution in [0.1, 0.15) is 124 Å². The third-order valence-electron chi connectivity index (χ3n) is 16.2. The zero-order chi connectivity index (χ0) is 36.1. The minimum atomic E-state index is -0.643. The molecule has 6 rings (SSSR count). The van der Waals surface area contributed by atoms with E-state index in [9.17, 15) is 14.7 Å². The number of carbonyl (C=O) groups is 2. The molecule has 3 saturated carbocycles. The van der Waals surface area contributed by atoms with Crippen LogP contribution in [-0.4, -0.2) is 58.2 Å². The van der Waals surface area contributed by atoms with Crippen LogP contribution in [0.4, 0.5) is 0 Å². The molecule has 4 aliphatic carbocycles. The van der Waals surface area contributed by atoms with Crippen molar-refractivity contribution in [2.75, 3.05) is 19.8 Å². The SMILES string of the molecule is CC(C)[C@@H](C)[C@@]1(C)CC[C@]2(C)[C@H]3CC[C@@H]4[C@@]5(COC[C@@]4(C)[C@@H](OC[C@](C)(N)C(C)C)[C@H](n4ccc(C(N)=O)n4)C5)C3=CC[C@@]2(C)[C@@H]1C(=O)O. The van der Waals surface area contributed by atoms with Crippen LogP contribution in [0.3, 0.4) is 0 Å². The summed E-state index contributed by atoms with van der Waals surface area (Å²) < 4.78 is 15.6. The van der Waals surface area contributed by atoms with Crippen molar-refractivity contribution in [2.24, 2.45) is 74.0 Å². The lowest BCUT2D eigenvalue weighted by Gasteiger charge is -2.71. The van der Waals surface area contributed by atoms with Crippen LogP contribution < -0.4 is 11.5 Å². The summed E-state index contributed by atoms with van der Waals surface area (Å²) in [5.74, 6) is -0.106. The largest absolute Gasteiger partial charge is 0.481 e. The fourth-order valence-electron chi connectivity index (χ4n) is 12.2. The van der Waals surface area contributed by atoms with Gasteiger partial charge >= 0.3 is 5.97 Å². The first-order valence-electron chi connectivity index (χ1n) is 19.0. The smallest absolute Gasteiger partial charge is 0.307 e. The maximum atomic E-state index is 13.5. The highest BCUT2D eigenvalue weighted by molar-refractivity contribution is 5.90. The molecule has 4 fully saturated rings. The number of nitrogens with two attached hydrogens (primary N) is 2. The van der Waals surface area contributed by atoms with Crippen molar-refractivity contribution < 1.29 is 24.2 Å². The van der Waals surface area contributed by atoms with E-state index in [4.69, 9.17) is 26.0 Å². The van der Waals surface area contributed by atoms with Gasteiger partial charge < -0.3 is 26.0 Å². The molecule has 1 aromatic heterocycles. The van der Waals surface area contributed by atoms with E-state index in [1.807, 2.05) is 10.9 Å². The second-order valence-electron chi connectivity index (χ2n) is 19.1. The maximum absolute atomic E-state index is 13.5. The predicted octanol–water partition coefficient (Wildman–Crippen LogP) is 6.87. The molecule has 5 N–H and O–H groups in total. The average molecular weight is 681 g/mol. The number of ether oxygens (including phenoxy) is 2. The number of hydrogen-bond acceptors (Lipinski definition) is 6. The van der Waals surface area contributed by atoms with Crippen molar-refractivity contribution in [1.29, 1.82) is 0 Å². The number of carbonyl (C=O) groups excluding carboxylic acids is 1. The highest BCUT2D eigenvalue weighted by Crippen LogP contribution is 2.75. The van der Waals surface area contributed by atoms with E-state index in [-0.39, 0.29) is 56.8 Å². The fraction of sp³-hybridized carbons (Fsp3) is 0.825. The van der Waals surface area contributed by atoms with Crippen LogP contribution in [0.25, 0.3) is 0 Å². The number of hydrogen-bond donors (Lipinski definition) is 3. The number of nitrogens with zero attached hydrogens (tertiary/aromatic N) is 2. The molecule has 2 bridgehead atoms. The van der Waals surface area contributed by atoms with E-state index in [0.29, 0.717) is 37.6 Å². The Bertz CT molecular complexity index is 1500. The summed E-state index contributed by atoms with van der Waals surface area (Å²) in [6.07, 6.45) is 9.63. The lowest BCUT2D eigenvalue weighted by Crippen LogP contribution is -2.69. The second-order valence-corrected chi connectivity index (χ2v) is 19.1. The van der Waals surface area contributed by atoms with E-state index in [0.717, 1.165) is 38.5 Å². The predicted molar refractivity (Wildman–Crippen MR) is 191 cm³/mol. The Morgan fingerprint density at radius 1 is 1.10 bits per heavy atom. The van der Waals surface area contributed by atoms with Crippen molar-refractivity contribution in [3.8, 4) is 0 Å². The first-order valence-corrected chi connectivity index (χ1v) is 19.0. The zero-order valence-corrected chi connectivity index (χ0v) is 31.8. The van der Waals surface area contributed by atoms with Gasteiger partial charge in [-0.1, -0.05) is 74.0 Å². The maximum Gasteiger partial charge on any atom is 0.307 e. The third kappa shape index (κ3) is 5.13.